The highest BCUT2D eigenvalue weighted by molar-refractivity contribution is 5.94. The number of hydrogen-bond acceptors (Lipinski definition) is 3. The van der Waals surface area contributed by atoms with E-state index in [-0.39, 0.29) is 17.9 Å². The number of nitrogens with zero attached hydrogens (tertiary/aromatic N) is 1. The summed E-state index contributed by atoms with van der Waals surface area (Å²) in [6.07, 6.45) is 2.93. The normalized spacial score (nSPS) is 19.6. The molecule has 2 N–H and O–H groups in total. The Balaban J connectivity index is 1.51. The molecule has 0 radical (unpaired) electrons. The molecule has 3 aromatic rings. The molecule has 2 unspecified atom stereocenters. The van der Waals surface area contributed by atoms with Gasteiger partial charge >= 0.3 is 5.97 Å². The molecule has 1 saturated heterocycles. The molecule has 170 valence electrons. The van der Waals surface area contributed by atoms with Gasteiger partial charge in [0, 0.05) is 37.8 Å². The van der Waals surface area contributed by atoms with Crippen LogP contribution in [0.15, 0.2) is 84.9 Å². The first-order valence-electron chi connectivity index (χ1n) is 11.5. The van der Waals surface area contributed by atoms with Crippen LogP contribution in [0.4, 0.5) is 0 Å². The zero-order chi connectivity index (χ0) is 23.2. The number of rotatable bonds is 7. The Morgan fingerprint density at radius 2 is 1.76 bits per heavy atom. The molecule has 1 heterocycles. The van der Waals surface area contributed by atoms with E-state index in [2.05, 4.69) is 79.0 Å². The van der Waals surface area contributed by atoms with Crippen molar-refractivity contribution < 1.29 is 14.7 Å². The first kappa shape index (κ1) is 22.7. The molecule has 1 aliphatic heterocycles. The molecule has 3 aromatic carbocycles. The molecule has 0 saturated carbocycles. The molecule has 0 spiro atoms. The third kappa shape index (κ3) is 5.49. The average molecular weight is 443 g/mol. The molecule has 3 atom stereocenters. The van der Waals surface area contributed by atoms with E-state index in [1.807, 2.05) is 6.07 Å². The van der Waals surface area contributed by atoms with Crippen LogP contribution in [0.25, 0.3) is 10.8 Å². The van der Waals surface area contributed by atoms with Gasteiger partial charge in [0.25, 0.3) is 0 Å². The van der Waals surface area contributed by atoms with Crippen LogP contribution in [0.2, 0.25) is 0 Å². The maximum absolute atomic E-state index is 12.6. The highest BCUT2D eigenvalue weighted by Gasteiger charge is 2.32. The molecular formula is C28H30N2O3. The van der Waals surface area contributed by atoms with Crippen LogP contribution in [-0.4, -0.2) is 41.5 Å². The van der Waals surface area contributed by atoms with Crippen molar-refractivity contribution in [3.63, 3.8) is 0 Å². The number of piperidine rings is 1. The number of aliphatic carboxylic acids is 1. The Kier molecular flexibility index (Phi) is 7.20. The minimum Gasteiger partial charge on any atom is -0.478 e. The van der Waals surface area contributed by atoms with Gasteiger partial charge in [-0.3, -0.25) is 4.79 Å². The van der Waals surface area contributed by atoms with E-state index in [1.165, 1.54) is 21.9 Å². The topological polar surface area (TPSA) is 69.6 Å². The van der Waals surface area contributed by atoms with Gasteiger partial charge in [-0.15, -0.1) is 0 Å². The molecule has 1 aliphatic rings. The highest BCUT2D eigenvalue weighted by Crippen LogP contribution is 2.33. The van der Waals surface area contributed by atoms with Crippen molar-refractivity contribution >= 4 is 22.6 Å². The standard InChI is InChI=1S/C28H30N2O3/c1-20(24-13-7-11-22-10-5-6-12-26(22)24)29-18-23-19-30(27(31)14-15-28(32)33)17-16-25(23)21-8-3-2-4-9-21/h2-15,20,23,25,29H,16-19H2,1H3,(H,32,33)/b15-14-/t20-,23?,25?/m1/s1. The second-order valence-corrected chi connectivity index (χ2v) is 8.72. The van der Waals surface area contributed by atoms with E-state index >= 15 is 0 Å². The summed E-state index contributed by atoms with van der Waals surface area (Å²) in [6, 6.07) is 25.4. The van der Waals surface area contributed by atoms with E-state index in [1.54, 1.807) is 4.90 Å². The number of likely N-dealkylation sites (tertiary alicyclic amines) is 1. The van der Waals surface area contributed by atoms with Crippen LogP contribution < -0.4 is 5.32 Å². The van der Waals surface area contributed by atoms with Gasteiger partial charge in [0.1, 0.15) is 0 Å². The first-order valence-corrected chi connectivity index (χ1v) is 11.5. The fourth-order valence-corrected chi connectivity index (χ4v) is 4.89. The Bertz CT molecular complexity index is 1140. The predicted molar refractivity (Wildman–Crippen MR) is 131 cm³/mol. The summed E-state index contributed by atoms with van der Waals surface area (Å²) in [5.41, 5.74) is 2.55. The van der Waals surface area contributed by atoms with E-state index in [9.17, 15) is 9.59 Å². The molecule has 33 heavy (non-hydrogen) atoms. The van der Waals surface area contributed by atoms with Gasteiger partial charge in [-0.1, -0.05) is 72.8 Å². The minimum atomic E-state index is -1.11. The molecule has 1 fully saturated rings. The molecule has 5 heteroatoms. The first-order chi connectivity index (χ1) is 16.0. The third-order valence-electron chi connectivity index (χ3n) is 6.62. The molecule has 5 nitrogen and oxygen atoms in total. The van der Waals surface area contributed by atoms with Crippen molar-refractivity contribution in [1.82, 2.24) is 10.2 Å². The number of fused-ring (bicyclic) bond motifs is 1. The number of carboxylic acid groups (broad SMARTS) is 1. The second kappa shape index (κ2) is 10.5. The van der Waals surface area contributed by atoms with Crippen molar-refractivity contribution in [2.75, 3.05) is 19.6 Å². The van der Waals surface area contributed by atoms with Crippen molar-refractivity contribution in [2.24, 2.45) is 5.92 Å². The van der Waals surface area contributed by atoms with E-state index in [0.29, 0.717) is 19.0 Å². The van der Waals surface area contributed by atoms with E-state index < -0.39 is 5.97 Å². The monoisotopic (exact) mass is 442 g/mol. The lowest BCUT2D eigenvalue weighted by molar-refractivity contribution is -0.132. The Hall–Kier alpha value is -3.44. The van der Waals surface area contributed by atoms with Crippen LogP contribution >= 0.6 is 0 Å². The summed E-state index contributed by atoms with van der Waals surface area (Å²) in [7, 11) is 0. The summed E-state index contributed by atoms with van der Waals surface area (Å²) >= 11 is 0. The van der Waals surface area contributed by atoms with Gasteiger partial charge in [0.15, 0.2) is 0 Å². The van der Waals surface area contributed by atoms with Crippen LogP contribution in [0.1, 0.15) is 36.4 Å². The van der Waals surface area contributed by atoms with Crippen LogP contribution in [0, 0.1) is 5.92 Å². The number of carbonyl (C=O) groups is 2. The number of nitrogens with one attached hydrogen (secondary N) is 1. The lowest BCUT2D eigenvalue weighted by atomic mass is 9.80. The molecule has 1 amide bonds. The lowest BCUT2D eigenvalue weighted by Gasteiger charge is -2.39. The van der Waals surface area contributed by atoms with Gasteiger partial charge in [-0.05, 0) is 47.1 Å². The fourth-order valence-electron chi connectivity index (χ4n) is 4.89. The number of benzene rings is 3. The Labute approximate surface area is 194 Å². The summed E-state index contributed by atoms with van der Waals surface area (Å²) < 4.78 is 0. The highest BCUT2D eigenvalue weighted by atomic mass is 16.4. The van der Waals surface area contributed by atoms with Crippen LogP contribution in [-0.2, 0) is 9.59 Å². The fraction of sp³-hybridized carbons (Fsp3) is 0.286. The number of carboxylic acids is 1. The zero-order valence-corrected chi connectivity index (χ0v) is 18.9. The Morgan fingerprint density at radius 1 is 1.03 bits per heavy atom. The van der Waals surface area contributed by atoms with Crippen LogP contribution in [0.5, 0.6) is 0 Å². The van der Waals surface area contributed by atoms with Gasteiger partial charge in [0.2, 0.25) is 5.91 Å². The number of hydrogen-bond donors (Lipinski definition) is 2. The summed E-state index contributed by atoms with van der Waals surface area (Å²) in [5.74, 6) is -0.785. The molecule has 0 aromatic heterocycles. The number of carbonyl (C=O) groups excluding carboxylic acids is 1. The maximum Gasteiger partial charge on any atom is 0.328 e. The molecule has 0 bridgehead atoms. The van der Waals surface area contributed by atoms with Crippen molar-refractivity contribution in [2.45, 2.75) is 25.3 Å². The quantitative estimate of drug-likeness (QED) is 0.518. The van der Waals surface area contributed by atoms with Gasteiger partial charge in [-0.2, -0.15) is 0 Å². The molecule has 4 rings (SSSR count). The Morgan fingerprint density at radius 3 is 2.55 bits per heavy atom. The largest absolute Gasteiger partial charge is 0.478 e. The lowest BCUT2D eigenvalue weighted by Crippen LogP contribution is -2.46. The van der Waals surface area contributed by atoms with Gasteiger partial charge in [-0.25, -0.2) is 4.79 Å². The SMILES string of the molecule is C[C@@H](NCC1CN(C(=O)/C=C\C(=O)O)CCC1c1ccccc1)c1cccc2ccccc12. The summed E-state index contributed by atoms with van der Waals surface area (Å²) in [5, 5.41) is 15.1. The average Bonchev–Trinajstić information content (AvgIpc) is 2.85. The van der Waals surface area contributed by atoms with E-state index in [0.717, 1.165) is 25.1 Å². The number of amides is 1. The van der Waals surface area contributed by atoms with Crippen LogP contribution in [0.3, 0.4) is 0 Å². The summed E-state index contributed by atoms with van der Waals surface area (Å²) in [6.45, 7) is 4.16. The van der Waals surface area contributed by atoms with Gasteiger partial charge in [0.05, 0.1) is 0 Å². The minimum absolute atomic E-state index is 0.158. The third-order valence-corrected chi connectivity index (χ3v) is 6.62. The molecular weight excluding hydrogens is 412 g/mol. The second-order valence-electron chi connectivity index (χ2n) is 8.72. The van der Waals surface area contributed by atoms with Gasteiger partial charge < -0.3 is 15.3 Å². The maximum atomic E-state index is 12.6. The van der Waals surface area contributed by atoms with Crippen molar-refractivity contribution in [1.29, 1.82) is 0 Å². The molecule has 0 aliphatic carbocycles. The smallest absolute Gasteiger partial charge is 0.328 e. The van der Waals surface area contributed by atoms with Crippen molar-refractivity contribution in [3.8, 4) is 0 Å². The van der Waals surface area contributed by atoms with E-state index in [4.69, 9.17) is 5.11 Å². The predicted octanol–water partition coefficient (Wildman–Crippen LogP) is 4.76. The summed E-state index contributed by atoms with van der Waals surface area (Å²) in [4.78, 5) is 25.2. The van der Waals surface area contributed by atoms with Crippen molar-refractivity contribution in [3.05, 3.63) is 96.1 Å². The zero-order valence-electron chi connectivity index (χ0n) is 18.9.